The lowest BCUT2D eigenvalue weighted by Crippen LogP contribution is -2.30. The van der Waals surface area contributed by atoms with Crippen LogP contribution in [0, 0.1) is 0 Å². The monoisotopic (exact) mass is 293 g/mol. The standard InChI is InChI=1S/C13H18F3NO3/c1-18-10-6-9(4-5-17-8-13(14,15)16)7-11(19-2)12(10)20-3/h6-7,17H,4-5,8H2,1-3H3. The van der Waals surface area contributed by atoms with Crippen LogP contribution in [0.2, 0.25) is 0 Å². The van der Waals surface area contributed by atoms with Gasteiger partial charge in [-0.05, 0) is 30.7 Å². The van der Waals surface area contributed by atoms with E-state index in [2.05, 4.69) is 5.32 Å². The van der Waals surface area contributed by atoms with Crippen molar-refractivity contribution < 1.29 is 27.4 Å². The lowest BCUT2D eigenvalue weighted by molar-refractivity contribution is -0.124. The van der Waals surface area contributed by atoms with Crippen molar-refractivity contribution in [1.29, 1.82) is 0 Å². The van der Waals surface area contributed by atoms with Crippen LogP contribution < -0.4 is 19.5 Å². The van der Waals surface area contributed by atoms with Crippen LogP contribution in [0.15, 0.2) is 12.1 Å². The minimum absolute atomic E-state index is 0.206. The highest BCUT2D eigenvalue weighted by molar-refractivity contribution is 5.53. The van der Waals surface area contributed by atoms with Gasteiger partial charge in [0.15, 0.2) is 11.5 Å². The van der Waals surface area contributed by atoms with Crippen LogP contribution in [0.25, 0.3) is 0 Å². The van der Waals surface area contributed by atoms with Gasteiger partial charge < -0.3 is 19.5 Å². The van der Waals surface area contributed by atoms with Crippen molar-refractivity contribution >= 4 is 0 Å². The molecule has 4 nitrogen and oxygen atoms in total. The quantitative estimate of drug-likeness (QED) is 0.784. The Kier molecular flexibility index (Phi) is 5.94. The highest BCUT2D eigenvalue weighted by Crippen LogP contribution is 2.38. The summed E-state index contributed by atoms with van der Waals surface area (Å²) in [5.74, 6) is 1.43. The third-order valence-corrected chi connectivity index (χ3v) is 2.64. The van der Waals surface area contributed by atoms with E-state index in [1.54, 1.807) is 12.1 Å². The molecule has 7 heteroatoms. The van der Waals surface area contributed by atoms with Crippen LogP contribution in [-0.4, -0.2) is 40.6 Å². The molecule has 0 fully saturated rings. The lowest BCUT2D eigenvalue weighted by Gasteiger charge is -2.14. The summed E-state index contributed by atoms with van der Waals surface area (Å²) in [5, 5.41) is 2.34. The van der Waals surface area contributed by atoms with Crippen LogP contribution in [0.1, 0.15) is 5.56 Å². The van der Waals surface area contributed by atoms with Gasteiger partial charge in [-0.15, -0.1) is 0 Å². The summed E-state index contributed by atoms with van der Waals surface area (Å²) < 4.78 is 51.5. The van der Waals surface area contributed by atoms with E-state index in [4.69, 9.17) is 14.2 Å². The van der Waals surface area contributed by atoms with Crippen LogP contribution in [-0.2, 0) is 6.42 Å². The number of benzene rings is 1. The van der Waals surface area contributed by atoms with Gasteiger partial charge in [-0.1, -0.05) is 0 Å². The second-order valence-electron chi connectivity index (χ2n) is 4.08. The van der Waals surface area contributed by atoms with Gasteiger partial charge in [0.2, 0.25) is 5.75 Å². The van der Waals surface area contributed by atoms with Crippen molar-refractivity contribution in [2.24, 2.45) is 0 Å². The molecule has 0 radical (unpaired) electrons. The minimum Gasteiger partial charge on any atom is -0.493 e. The first-order valence-electron chi connectivity index (χ1n) is 5.97. The van der Waals surface area contributed by atoms with Gasteiger partial charge in [0.1, 0.15) is 0 Å². The van der Waals surface area contributed by atoms with E-state index in [1.165, 1.54) is 21.3 Å². The molecule has 0 unspecified atom stereocenters. The molecule has 0 spiro atoms. The van der Waals surface area contributed by atoms with Gasteiger partial charge in [-0.2, -0.15) is 13.2 Å². The molecule has 0 bridgehead atoms. The molecule has 0 aliphatic heterocycles. The summed E-state index contributed by atoms with van der Waals surface area (Å²) in [4.78, 5) is 0. The average Bonchev–Trinajstić information content (AvgIpc) is 2.41. The molecular formula is C13H18F3NO3. The van der Waals surface area contributed by atoms with Crippen LogP contribution in [0.5, 0.6) is 17.2 Å². The van der Waals surface area contributed by atoms with Gasteiger partial charge in [0, 0.05) is 0 Å². The fourth-order valence-electron chi connectivity index (χ4n) is 1.74. The number of nitrogens with one attached hydrogen (secondary N) is 1. The molecule has 0 aliphatic carbocycles. The summed E-state index contributed by atoms with van der Waals surface area (Å²) >= 11 is 0. The van der Waals surface area contributed by atoms with E-state index in [0.29, 0.717) is 23.7 Å². The number of alkyl halides is 3. The normalized spacial score (nSPS) is 11.3. The van der Waals surface area contributed by atoms with Gasteiger partial charge in [-0.3, -0.25) is 0 Å². The minimum atomic E-state index is -4.20. The van der Waals surface area contributed by atoms with E-state index >= 15 is 0 Å². The first kappa shape index (κ1) is 16.4. The largest absolute Gasteiger partial charge is 0.493 e. The maximum Gasteiger partial charge on any atom is 0.401 e. The number of halogens is 3. The summed E-state index contributed by atoms with van der Waals surface area (Å²) in [6.07, 6.45) is -3.78. The van der Waals surface area contributed by atoms with Crippen molar-refractivity contribution in [3.63, 3.8) is 0 Å². The maximum atomic E-state index is 12.0. The Morgan fingerprint density at radius 1 is 1.00 bits per heavy atom. The van der Waals surface area contributed by atoms with Gasteiger partial charge in [-0.25, -0.2) is 0 Å². The molecule has 0 amide bonds. The highest BCUT2D eigenvalue weighted by Gasteiger charge is 2.26. The molecule has 0 atom stereocenters. The van der Waals surface area contributed by atoms with Crippen LogP contribution in [0.4, 0.5) is 13.2 Å². The summed E-state index contributed by atoms with van der Waals surface area (Å²) in [7, 11) is 4.47. The Bertz CT molecular complexity index is 410. The molecule has 0 heterocycles. The zero-order valence-corrected chi connectivity index (χ0v) is 11.6. The van der Waals surface area contributed by atoms with Crippen molar-refractivity contribution in [1.82, 2.24) is 5.32 Å². The Hall–Kier alpha value is -1.63. The predicted octanol–water partition coefficient (Wildman–Crippen LogP) is 2.41. The van der Waals surface area contributed by atoms with Crippen molar-refractivity contribution in [3.05, 3.63) is 17.7 Å². The Morgan fingerprint density at radius 3 is 1.95 bits per heavy atom. The maximum absolute atomic E-state index is 12.0. The number of rotatable bonds is 7. The molecule has 1 rings (SSSR count). The zero-order chi connectivity index (χ0) is 15.2. The smallest absolute Gasteiger partial charge is 0.401 e. The van der Waals surface area contributed by atoms with Crippen LogP contribution in [0.3, 0.4) is 0 Å². The molecule has 20 heavy (non-hydrogen) atoms. The van der Waals surface area contributed by atoms with E-state index in [-0.39, 0.29) is 6.54 Å². The number of ether oxygens (including phenoxy) is 3. The van der Waals surface area contributed by atoms with Gasteiger partial charge in [0.25, 0.3) is 0 Å². The molecule has 0 aromatic heterocycles. The summed E-state index contributed by atoms with van der Waals surface area (Å²) in [5.41, 5.74) is 0.800. The molecule has 0 saturated carbocycles. The molecular weight excluding hydrogens is 275 g/mol. The van der Waals surface area contributed by atoms with E-state index in [9.17, 15) is 13.2 Å². The highest BCUT2D eigenvalue weighted by atomic mass is 19.4. The third kappa shape index (κ3) is 4.80. The Labute approximate surface area is 115 Å². The van der Waals surface area contributed by atoms with Gasteiger partial charge >= 0.3 is 6.18 Å². The second kappa shape index (κ2) is 7.23. The van der Waals surface area contributed by atoms with E-state index < -0.39 is 12.7 Å². The zero-order valence-electron chi connectivity index (χ0n) is 11.6. The third-order valence-electron chi connectivity index (χ3n) is 2.64. The Morgan fingerprint density at radius 2 is 1.55 bits per heavy atom. The topological polar surface area (TPSA) is 39.7 Å². The molecule has 114 valence electrons. The van der Waals surface area contributed by atoms with Crippen molar-refractivity contribution in [2.45, 2.75) is 12.6 Å². The lowest BCUT2D eigenvalue weighted by atomic mass is 10.1. The predicted molar refractivity (Wildman–Crippen MR) is 68.7 cm³/mol. The number of hydrogen-bond acceptors (Lipinski definition) is 4. The van der Waals surface area contributed by atoms with E-state index in [0.717, 1.165) is 5.56 Å². The fourth-order valence-corrected chi connectivity index (χ4v) is 1.74. The first-order valence-corrected chi connectivity index (χ1v) is 5.97. The van der Waals surface area contributed by atoms with Crippen LogP contribution >= 0.6 is 0 Å². The SMILES string of the molecule is COc1cc(CCNCC(F)(F)F)cc(OC)c1OC. The summed E-state index contributed by atoms with van der Waals surface area (Å²) in [6, 6.07) is 3.44. The number of hydrogen-bond donors (Lipinski definition) is 1. The fraction of sp³-hybridized carbons (Fsp3) is 0.538. The molecule has 1 N–H and O–H groups in total. The van der Waals surface area contributed by atoms with Gasteiger partial charge in [0.05, 0.1) is 27.9 Å². The number of methoxy groups -OCH3 is 3. The molecule has 1 aromatic rings. The molecule has 1 aromatic carbocycles. The Balaban J connectivity index is 2.71. The van der Waals surface area contributed by atoms with Crippen molar-refractivity contribution in [2.75, 3.05) is 34.4 Å². The molecule has 0 saturated heterocycles. The first-order chi connectivity index (χ1) is 9.41. The molecule has 0 aliphatic rings. The average molecular weight is 293 g/mol. The van der Waals surface area contributed by atoms with Crippen molar-refractivity contribution in [3.8, 4) is 17.2 Å². The van der Waals surface area contributed by atoms with E-state index in [1.807, 2.05) is 0 Å². The second-order valence-corrected chi connectivity index (χ2v) is 4.08. The summed E-state index contributed by atoms with van der Waals surface area (Å²) in [6.45, 7) is -0.796.